The van der Waals surface area contributed by atoms with Gasteiger partial charge in [0.25, 0.3) is 0 Å². The molecule has 0 fully saturated rings. The second-order valence-corrected chi connectivity index (χ2v) is 3.33. The summed E-state index contributed by atoms with van der Waals surface area (Å²) in [7, 11) is 0. The van der Waals surface area contributed by atoms with Crippen LogP contribution in [0.4, 0.5) is 28.9 Å². The second kappa shape index (κ2) is 4.59. The van der Waals surface area contributed by atoms with E-state index in [0.29, 0.717) is 0 Å². The van der Waals surface area contributed by atoms with Crippen LogP contribution in [0.25, 0.3) is 0 Å². The third-order valence-electron chi connectivity index (χ3n) is 2.08. The lowest BCUT2D eigenvalue weighted by Gasteiger charge is -2.25. The SMILES string of the molecule is CCN(CC(F)(F)F)c1ccc(F)cc1N. The molecule has 16 heavy (non-hydrogen) atoms. The zero-order chi connectivity index (χ0) is 12.3. The lowest BCUT2D eigenvalue weighted by atomic mass is 10.2. The number of hydrogen-bond donors (Lipinski definition) is 1. The van der Waals surface area contributed by atoms with E-state index in [2.05, 4.69) is 0 Å². The van der Waals surface area contributed by atoms with Crippen LogP contribution >= 0.6 is 0 Å². The highest BCUT2D eigenvalue weighted by Crippen LogP contribution is 2.27. The molecule has 1 aromatic rings. The van der Waals surface area contributed by atoms with Crippen LogP contribution in [0, 0.1) is 5.82 Å². The number of nitrogen functional groups attached to an aromatic ring is 1. The van der Waals surface area contributed by atoms with Gasteiger partial charge in [-0.2, -0.15) is 13.2 Å². The van der Waals surface area contributed by atoms with Crippen LogP contribution in [0.5, 0.6) is 0 Å². The molecule has 0 heterocycles. The van der Waals surface area contributed by atoms with Gasteiger partial charge in [-0.05, 0) is 25.1 Å². The molecule has 0 saturated carbocycles. The van der Waals surface area contributed by atoms with Crippen LogP contribution < -0.4 is 10.6 Å². The lowest BCUT2D eigenvalue weighted by Crippen LogP contribution is -2.34. The Bertz CT molecular complexity index is 362. The number of hydrogen-bond acceptors (Lipinski definition) is 2. The molecule has 6 heteroatoms. The summed E-state index contributed by atoms with van der Waals surface area (Å²) in [4.78, 5) is 1.05. The van der Waals surface area contributed by atoms with Crippen LogP contribution in [0.2, 0.25) is 0 Å². The quantitative estimate of drug-likeness (QED) is 0.646. The molecule has 0 spiro atoms. The predicted molar refractivity (Wildman–Crippen MR) is 54.8 cm³/mol. The standard InChI is InChI=1S/C10H12F4N2/c1-2-16(6-10(12,13)14)9-4-3-7(11)5-8(9)15/h3-5H,2,6,15H2,1H3. The third-order valence-corrected chi connectivity index (χ3v) is 2.08. The summed E-state index contributed by atoms with van der Waals surface area (Å²) in [6.45, 7) is 0.628. The van der Waals surface area contributed by atoms with E-state index in [4.69, 9.17) is 5.73 Å². The van der Waals surface area contributed by atoms with Crippen molar-refractivity contribution in [2.45, 2.75) is 13.1 Å². The summed E-state index contributed by atoms with van der Waals surface area (Å²) in [5.74, 6) is -0.565. The summed E-state index contributed by atoms with van der Waals surface area (Å²) in [6.07, 6.45) is -4.31. The topological polar surface area (TPSA) is 29.3 Å². The monoisotopic (exact) mass is 236 g/mol. The molecule has 0 amide bonds. The van der Waals surface area contributed by atoms with Gasteiger partial charge in [0.2, 0.25) is 0 Å². The van der Waals surface area contributed by atoms with Crippen molar-refractivity contribution >= 4 is 11.4 Å². The lowest BCUT2D eigenvalue weighted by molar-refractivity contribution is -0.119. The Balaban J connectivity index is 2.95. The van der Waals surface area contributed by atoms with E-state index in [1.165, 1.54) is 6.07 Å². The van der Waals surface area contributed by atoms with Crippen molar-refractivity contribution < 1.29 is 17.6 Å². The molecule has 0 unspecified atom stereocenters. The molecule has 1 rings (SSSR count). The van der Waals surface area contributed by atoms with E-state index in [1.54, 1.807) is 6.92 Å². The van der Waals surface area contributed by atoms with Crippen molar-refractivity contribution in [2.75, 3.05) is 23.7 Å². The first kappa shape index (κ1) is 12.6. The van der Waals surface area contributed by atoms with E-state index < -0.39 is 18.5 Å². The van der Waals surface area contributed by atoms with E-state index in [1.807, 2.05) is 0 Å². The average molecular weight is 236 g/mol. The second-order valence-electron chi connectivity index (χ2n) is 3.33. The molecular weight excluding hydrogens is 224 g/mol. The molecule has 0 bridgehead atoms. The first-order valence-corrected chi connectivity index (χ1v) is 4.70. The highest BCUT2D eigenvalue weighted by atomic mass is 19.4. The normalized spacial score (nSPS) is 11.6. The van der Waals surface area contributed by atoms with Gasteiger partial charge in [0.1, 0.15) is 12.4 Å². The van der Waals surface area contributed by atoms with Gasteiger partial charge in [0.15, 0.2) is 0 Å². The molecule has 0 aliphatic rings. The van der Waals surface area contributed by atoms with Crippen molar-refractivity contribution in [3.8, 4) is 0 Å². The Hall–Kier alpha value is -1.46. The molecular formula is C10H12F4N2. The first-order chi connectivity index (χ1) is 7.33. The molecule has 0 aliphatic carbocycles. The van der Waals surface area contributed by atoms with Crippen LogP contribution in [0.15, 0.2) is 18.2 Å². The highest BCUT2D eigenvalue weighted by molar-refractivity contribution is 5.67. The minimum absolute atomic E-state index is 0.00565. The molecule has 0 atom stereocenters. The van der Waals surface area contributed by atoms with Crippen LogP contribution in [-0.2, 0) is 0 Å². The highest BCUT2D eigenvalue weighted by Gasteiger charge is 2.30. The maximum absolute atomic E-state index is 12.7. The summed E-state index contributed by atoms with van der Waals surface area (Å²) in [5.41, 5.74) is 5.67. The molecule has 2 nitrogen and oxygen atoms in total. The van der Waals surface area contributed by atoms with Gasteiger partial charge >= 0.3 is 6.18 Å². The first-order valence-electron chi connectivity index (χ1n) is 4.70. The third kappa shape index (κ3) is 3.29. The molecule has 0 aliphatic heterocycles. The maximum Gasteiger partial charge on any atom is 0.405 e. The fourth-order valence-corrected chi connectivity index (χ4v) is 1.40. The number of nitrogens with two attached hydrogens (primary N) is 1. The zero-order valence-corrected chi connectivity index (χ0v) is 8.68. The van der Waals surface area contributed by atoms with Gasteiger partial charge in [0, 0.05) is 6.54 Å². The number of rotatable bonds is 3. The van der Waals surface area contributed by atoms with Gasteiger partial charge in [0.05, 0.1) is 11.4 Å². The largest absolute Gasteiger partial charge is 0.405 e. The smallest absolute Gasteiger partial charge is 0.397 e. The summed E-state index contributed by atoms with van der Waals surface area (Å²) in [6, 6.07) is 3.35. The van der Waals surface area contributed by atoms with Crippen molar-refractivity contribution in [3.05, 3.63) is 24.0 Å². The summed E-state index contributed by atoms with van der Waals surface area (Å²) in [5, 5.41) is 0. The van der Waals surface area contributed by atoms with E-state index >= 15 is 0 Å². The molecule has 1 aromatic carbocycles. The Morgan fingerprint density at radius 3 is 2.38 bits per heavy atom. The van der Waals surface area contributed by atoms with Crippen LogP contribution in [-0.4, -0.2) is 19.3 Å². The van der Waals surface area contributed by atoms with Gasteiger partial charge < -0.3 is 10.6 Å². The predicted octanol–water partition coefficient (Wildman–Crippen LogP) is 2.80. The minimum atomic E-state index is -4.31. The van der Waals surface area contributed by atoms with Crippen molar-refractivity contribution in [3.63, 3.8) is 0 Å². The Kier molecular flexibility index (Phi) is 3.62. The van der Waals surface area contributed by atoms with Crippen molar-refractivity contribution in [2.24, 2.45) is 0 Å². The van der Waals surface area contributed by atoms with Crippen LogP contribution in [0.1, 0.15) is 6.92 Å². The summed E-state index contributed by atoms with van der Waals surface area (Å²) < 4.78 is 49.4. The number of halogens is 4. The van der Waals surface area contributed by atoms with Gasteiger partial charge in [-0.1, -0.05) is 0 Å². The Morgan fingerprint density at radius 2 is 1.94 bits per heavy atom. The average Bonchev–Trinajstić information content (AvgIpc) is 2.13. The van der Waals surface area contributed by atoms with Crippen molar-refractivity contribution in [1.29, 1.82) is 0 Å². The maximum atomic E-state index is 12.7. The minimum Gasteiger partial charge on any atom is -0.397 e. The molecule has 0 radical (unpaired) electrons. The summed E-state index contributed by atoms with van der Waals surface area (Å²) >= 11 is 0. The fraction of sp³-hybridized carbons (Fsp3) is 0.400. The van der Waals surface area contributed by atoms with Gasteiger partial charge in [-0.25, -0.2) is 4.39 Å². The Labute approximate surface area is 90.7 Å². The van der Waals surface area contributed by atoms with Crippen molar-refractivity contribution in [1.82, 2.24) is 0 Å². The van der Waals surface area contributed by atoms with Crippen LogP contribution in [0.3, 0.4) is 0 Å². The molecule has 90 valence electrons. The van der Waals surface area contributed by atoms with Gasteiger partial charge in [-0.15, -0.1) is 0 Å². The number of nitrogens with zero attached hydrogens (tertiary/aromatic N) is 1. The van der Waals surface area contributed by atoms with E-state index in [-0.39, 0.29) is 17.9 Å². The number of benzene rings is 1. The number of alkyl halides is 3. The molecule has 0 saturated heterocycles. The Morgan fingerprint density at radius 1 is 1.31 bits per heavy atom. The number of anilines is 2. The van der Waals surface area contributed by atoms with Gasteiger partial charge in [-0.3, -0.25) is 0 Å². The molecule has 2 N–H and O–H groups in total. The zero-order valence-electron chi connectivity index (χ0n) is 8.68. The fourth-order valence-electron chi connectivity index (χ4n) is 1.40. The van der Waals surface area contributed by atoms with E-state index in [0.717, 1.165) is 17.0 Å². The molecule has 0 aromatic heterocycles. The van der Waals surface area contributed by atoms with E-state index in [9.17, 15) is 17.6 Å².